The van der Waals surface area contributed by atoms with Gasteiger partial charge >= 0.3 is 5.97 Å². The zero-order chi connectivity index (χ0) is 15.6. The SMILES string of the molecule is CCCCC(CO)(CCC)SSC(CC)(CC)C(=O)O. The average molecular weight is 323 g/mol. The molecule has 0 saturated heterocycles. The number of aliphatic hydroxyl groups excluding tert-OH is 1. The van der Waals surface area contributed by atoms with Crippen molar-refractivity contribution in [1.29, 1.82) is 0 Å². The Morgan fingerprint density at radius 1 is 1.00 bits per heavy atom. The maximum absolute atomic E-state index is 11.6. The molecule has 0 saturated carbocycles. The van der Waals surface area contributed by atoms with Crippen molar-refractivity contribution in [3.8, 4) is 0 Å². The molecular weight excluding hydrogens is 292 g/mol. The van der Waals surface area contributed by atoms with Gasteiger partial charge in [-0.1, -0.05) is 68.5 Å². The van der Waals surface area contributed by atoms with Gasteiger partial charge in [0.1, 0.15) is 4.75 Å². The smallest absolute Gasteiger partial charge is 0.320 e. The predicted molar refractivity (Wildman–Crippen MR) is 90.4 cm³/mol. The van der Waals surface area contributed by atoms with E-state index in [2.05, 4.69) is 13.8 Å². The summed E-state index contributed by atoms with van der Waals surface area (Å²) < 4.78 is -0.925. The molecule has 0 aromatic carbocycles. The van der Waals surface area contributed by atoms with Crippen LogP contribution < -0.4 is 0 Å². The van der Waals surface area contributed by atoms with Gasteiger partial charge in [0.15, 0.2) is 0 Å². The van der Waals surface area contributed by atoms with E-state index in [4.69, 9.17) is 0 Å². The molecule has 0 spiro atoms. The maximum Gasteiger partial charge on any atom is 0.320 e. The lowest BCUT2D eigenvalue weighted by molar-refractivity contribution is -0.140. The first kappa shape index (κ1) is 20.1. The van der Waals surface area contributed by atoms with Gasteiger partial charge in [0.25, 0.3) is 0 Å². The molecule has 0 aliphatic heterocycles. The lowest BCUT2D eigenvalue weighted by atomic mass is 9.97. The summed E-state index contributed by atoms with van der Waals surface area (Å²) in [4.78, 5) is 11.6. The molecular formula is C15H30O3S2. The van der Waals surface area contributed by atoms with Crippen LogP contribution in [0.2, 0.25) is 0 Å². The minimum absolute atomic E-state index is 0.127. The monoisotopic (exact) mass is 322 g/mol. The molecule has 0 heterocycles. The van der Waals surface area contributed by atoms with Crippen LogP contribution in [0, 0.1) is 0 Å². The van der Waals surface area contributed by atoms with E-state index < -0.39 is 10.7 Å². The highest BCUT2D eigenvalue weighted by Crippen LogP contribution is 2.50. The van der Waals surface area contributed by atoms with E-state index in [1.807, 2.05) is 13.8 Å². The minimum atomic E-state index is -0.737. The van der Waals surface area contributed by atoms with Crippen LogP contribution in [0.1, 0.15) is 72.6 Å². The Labute approximate surface area is 131 Å². The Morgan fingerprint density at radius 3 is 1.95 bits per heavy atom. The van der Waals surface area contributed by atoms with Crippen LogP contribution in [0.25, 0.3) is 0 Å². The van der Waals surface area contributed by atoms with E-state index in [1.165, 1.54) is 10.8 Å². The zero-order valence-electron chi connectivity index (χ0n) is 13.3. The molecule has 1 unspecified atom stereocenters. The molecule has 5 heteroatoms. The quantitative estimate of drug-likeness (QED) is 0.509. The van der Waals surface area contributed by atoms with Gasteiger partial charge in [-0.2, -0.15) is 0 Å². The summed E-state index contributed by atoms with van der Waals surface area (Å²) in [7, 11) is 3.06. The second-order valence-electron chi connectivity index (χ2n) is 5.37. The highest BCUT2D eigenvalue weighted by molar-refractivity contribution is 8.77. The second-order valence-corrected chi connectivity index (χ2v) is 8.35. The van der Waals surface area contributed by atoms with Crippen molar-refractivity contribution in [2.24, 2.45) is 0 Å². The van der Waals surface area contributed by atoms with Gasteiger partial charge in [-0.15, -0.1) is 0 Å². The normalized spacial score (nSPS) is 15.1. The maximum atomic E-state index is 11.6. The first-order valence-corrected chi connectivity index (χ1v) is 9.81. The van der Waals surface area contributed by atoms with E-state index in [-0.39, 0.29) is 11.4 Å². The largest absolute Gasteiger partial charge is 0.480 e. The summed E-state index contributed by atoms with van der Waals surface area (Å²) >= 11 is 0. The summed E-state index contributed by atoms with van der Waals surface area (Å²) in [5, 5.41) is 19.3. The highest BCUT2D eigenvalue weighted by atomic mass is 33.1. The number of aliphatic carboxylic acids is 1. The van der Waals surface area contributed by atoms with Crippen molar-refractivity contribution in [2.45, 2.75) is 82.1 Å². The molecule has 0 aromatic heterocycles. The molecule has 0 fully saturated rings. The molecule has 2 N–H and O–H groups in total. The molecule has 3 nitrogen and oxygen atoms in total. The van der Waals surface area contributed by atoms with E-state index in [1.54, 1.807) is 10.8 Å². The summed E-state index contributed by atoms with van der Waals surface area (Å²) in [5.41, 5.74) is 0. The van der Waals surface area contributed by atoms with Crippen molar-refractivity contribution in [1.82, 2.24) is 0 Å². The molecule has 0 rings (SSSR count). The van der Waals surface area contributed by atoms with Crippen LogP contribution in [0.4, 0.5) is 0 Å². The summed E-state index contributed by atoms with van der Waals surface area (Å²) in [6, 6.07) is 0. The number of rotatable bonds is 12. The van der Waals surface area contributed by atoms with E-state index in [0.717, 1.165) is 32.1 Å². The lowest BCUT2D eigenvalue weighted by Gasteiger charge is -2.34. The second kappa shape index (κ2) is 9.96. The van der Waals surface area contributed by atoms with Crippen LogP contribution in [-0.4, -0.2) is 32.3 Å². The van der Waals surface area contributed by atoms with Gasteiger partial charge in [-0.3, -0.25) is 4.79 Å². The number of hydrogen-bond acceptors (Lipinski definition) is 4. The molecule has 0 radical (unpaired) electrons. The first-order valence-electron chi connectivity index (χ1n) is 7.67. The fourth-order valence-corrected chi connectivity index (χ4v) is 6.02. The fraction of sp³-hybridized carbons (Fsp3) is 0.933. The molecule has 20 heavy (non-hydrogen) atoms. The van der Waals surface area contributed by atoms with Gasteiger partial charge in [-0.05, 0) is 25.7 Å². The van der Waals surface area contributed by atoms with Gasteiger partial charge < -0.3 is 10.2 Å². The third kappa shape index (κ3) is 5.49. The zero-order valence-corrected chi connectivity index (χ0v) is 14.9. The first-order chi connectivity index (χ1) is 9.45. The number of unbranched alkanes of at least 4 members (excludes halogenated alkanes) is 1. The summed E-state index contributed by atoms with van der Waals surface area (Å²) in [6.07, 6.45) is 6.29. The van der Waals surface area contributed by atoms with Crippen molar-refractivity contribution in [2.75, 3.05) is 6.61 Å². The molecule has 0 aliphatic carbocycles. The van der Waals surface area contributed by atoms with Crippen molar-refractivity contribution >= 4 is 27.6 Å². The summed E-state index contributed by atoms with van der Waals surface area (Å²) in [6.45, 7) is 8.24. The number of aliphatic hydroxyl groups is 1. The standard InChI is InChI=1S/C15H30O3S2/c1-5-9-11-14(12-16,10-6-2)19-20-15(7-3,8-4)13(17)18/h16H,5-12H2,1-4H3,(H,17,18). The molecule has 0 bridgehead atoms. The number of carbonyl (C=O) groups is 1. The highest BCUT2D eigenvalue weighted by Gasteiger charge is 2.40. The van der Waals surface area contributed by atoms with Crippen LogP contribution in [0.15, 0.2) is 0 Å². The molecule has 120 valence electrons. The lowest BCUT2D eigenvalue weighted by Crippen LogP contribution is -2.35. The third-order valence-corrected chi connectivity index (χ3v) is 8.20. The Balaban J connectivity index is 4.92. The van der Waals surface area contributed by atoms with Crippen LogP contribution in [0.5, 0.6) is 0 Å². The molecule has 1 atom stereocenters. The Hall–Kier alpha value is 0.130. The van der Waals surface area contributed by atoms with E-state index in [9.17, 15) is 15.0 Å². The number of carboxylic acids is 1. The van der Waals surface area contributed by atoms with Crippen molar-refractivity contribution < 1.29 is 15.0 Å². The Morgan fingerprint density at radius 2 is 1.60 bits per heavy atom. The van der Waals surface area contributed by atoms with Gasteiger partial charge in [0.05, 0.1) is 6.61 Å². The minimum Gasteiger partial charge on any atom is -0.480 e. The molecule has 0 aromatic rings. The average Bonchev–Trinajstić information content (AvgIpc) is 2.45. The topological polar surface area (TPSA) is 57.5 Å². The van der Waals surface area contributed by atoms with Gasteiger partial charge in [0.2, 0.25) is 0 Å². The van der Waals surface area contributed by atoms with Crippen molar-refractivity contribution in [3.63, 3.8) is 0 Å². The van der Waals surface area contributed by atoms with Crippen LogP contribution in [-0.2, 0) is 4.79 Å². The Bertz CT molecular complexity index is 280. The number of hydrogen-bond donors (Lipinski definition) is 2. The Kier molecular flexibility index (Phi) is 10.0. The fourth-order valence-electron chi connectivity index (χ4n) is 2.22. The predicted octanol–water partition coefficient (Wildman–Crippen LogP) is 4.73. The van der Waals surface area contributed by atoms with E-state index >= 15 is 0 Å². The van der Waals surface area contributed by atoms with Gasteiger partial charge in [0, 0.05) is 4.75 Å². The van der Waals surface area contributed by atoms with Crippen LogP contribution in [0.3, 0.4) is 0 Å². The van der Waals surface area contributed by atoms with Gasteiger partial charge in [-0.25, -0.2) is 0 Å². The van der Waals surface area contributed by atoms with Crippen LogP contribution >= 0.6 is 21.6 Å². The van der Waals surface area contributed by atoms with Crippen molar-refractivity contribution in [3.05, 3.63) is 0 Å². The molecule has 0 amide bonds. The number of carboxylic acid groups (broad SMARTS) is 1. The molecule has 0 aliphatic rings. The third-order valence-electron chi connectivity index (χ3n) is 3.89. The van der Waals surface area contributed by atoms with E-state index in [0.29, 0.717) is 12.8 Å². The summed E-state index contributed by atoms with van der Waals surface area (Å²) in [5.74, 6) is -0.737.